The molecule has 5 aromatic rings. The summed E-state index contributed by atoms with van der Waals surface area (Å²) in [6.45, 7) is 1.98. The van der Waals surface area contributed by atoms with Gasteiger partial charge in [0, 0.05) is 47.3 Å². The second-order valence-corrected chi connectivity index (χ2v) is 7.38. The Balaban J connectivity index is 1.40. The van der Waals surface area contributed by atoms with E-state index >= 15 is 0 Å². The van der Waals surface area contributed by atoms with Crippen LogP contribution >= 0.6 is 0 Å². The molecule has 0 saturated heterocycles. The Morgan fingerprint density at radius 2 is 1.71 bits per heavy atom. The van der Waals surface area contributed by atoms with E-state index in [2.05, 4.69) is 31.4 Å². The van der Waals surface area contributed by atoms with Gasteiger partial charge in [0.2, 0.25) is 5.95 Å². The average molecular weight is 408 g/mol. The van der Waals surface area contributed by atoms with Crippen molar-refractivity contribution in [3.63, 3.8) is 0 Å². The minimum Gasteiger partial charge on any atom is -0.329 e. The largest absolute Gasteiger partial charge is 0.329 e. The number of hydrogen-bond donors (Lipinski definition) is 2. The van der Waals surface area contributed by atoms with Crippen LogP contribution in [0.3, 0.4) is 0 Å². The van der Waals surface area contributed by atoms with E-state index in [4.69, 9.17) is 0 Å². The molecule has 3 aromatic heterocycles. The molecule has 2 N–H and O–H groups in total. The molecule has 7 heteroatoms. The predicted molar refractivity (Wildman–Crippen MR) is 122 cm³/mol. The van der Waals surface area contributed by atoms with Gasteiger partial charge in [0.05, 0.1) is 0 Å². The number of anilines is 2. The van der Waals surface area contributed by atoms with Crippen LogP contribution in [-0.4, -0.2) is 24.7 Å². The summed E-state index contributed by atoms with van der Waals surface area (Å²) in [6, 6.07) is 19.6. The number of aromatic amines is 1. The van der Waals surface area contributed by atoms with E-state index in [9.17, 15) is 4.79 Å². The number of nitrogens with one attached hydrogen (secondary N) is 2. The van der Waals surface area contributed by atoms with Crippen molar-refractivity contribution in [2.24, 2.45) is 7.05 Å². The molecule has 0 spiro atoms. The zero-order chi connectivity index (χ0) is 21.4. The standard InChI is InChI=1S/C24H20N6O/c1-15-3-4-19(14-26-15)16-5-7-17(8-6-16)22-28-24(30(2)29-22)27-20-9-10-21-18(13-20)11-12-25-23(21)31/h3-14H,1-2H3,(H,25,31)(H,27,28,29). The van der Waals surface area contributed by atoms with Crippen LogP contribution in [0.2, 0.25) is 0 Å². The molecule has 5 rings (SSSR count). The third-order valence-electron chi connectivity index (χ3n) is 5.18. The number of aromatic nitrogens is 5. The molecule has 0 atom stereocenters. The number of fused-ring (bicyclic) bond motifs is 1. The van der Waals surface area contributed by atoms with Gasteiger partial charge in [-0.3, -0.25) is 9.78 Å². The van der Waals surface area contributed by atoms with Crippen molar-refractivity contribution >= 4 is 22.4 Å². The monoisotopic (exact) mass is 408 g/mol. The number of benzene rings is 2. The number of aryl methyl sites for hydroxylation is 2. The smallest absolute Gasteiger partial charge is 0.255 e. The van der Waals surface area contributed by atoms with Crippen LogP contribution < -0.4 is 10.9 Å². The summed E-state index contributed by atoms with van der Waals surface area (Å²) >= 11 is 0. The predicted octanol–water partition coefficient (Wildman–Crippen LogP) is 4.44. The van der Waals surface area contributed by atoms with Crippen molar-refractivity contribution in [3.8, 4) is 22.5 Å². The second-order valence-electron chi connectivity index (χ2n) is 7.38. The lowest BCUT2D eigenvalue weighted by Gasteiger charge is -2.05. The lowest BCUT2D eigenvalue weighted by Crippen LogP contribution is -2.05. The molecule has 0 bridgehead atoms. The van der Waals surface area contributed by atoms with Gasteiger partial charge >= 0.3 is 0 Å². The summed E-state index contributed by atoms with van der Waals surface area (Å²) in [5.41, 5.74) is 4.83. The Labute approximate surface area is 178 Å². The van der Waals surface area contributed by atoms with E-state index in [1.807, 2.05) is 68.7 Å². The van der Waals surface area contributed by atoms with Crippen molar-refractivity contribution in [2.45, 2.75) is 6.92 Å². The van der Waals surface area contributed by atoms with Crippen molar-refractivity contribution in [1.82, 2.24) is 24.7 Å². The van der Waals surface area contributed by atoms with Crippen molar-refractivity contribution in [2.75, 3.05) is 5.32 Å². The van der Waals surface area contributed by atoms with Gasteiger partial charge in [-0.25, -0.2) is 4.68 Å². The number of nitrogens with zero attached hydrogens (tertiary/aromatic N) is 4. The highest BCUT2D eigenvalue weighted by Gasteiger charge is 2.11. The molecule has 152 valence electrons. The van der Waals surface area contributed by atoms with E-state index < -0.39 is 0 Å². The molecule has 0 aliphatic carbocycles. The van der Waals surface area contributed by atoms with Gasteiger partial charge in [0.25, 0.3) is 5.56 Å². The highest BCUT2D eigenvalue weighted by atomic mass is 16.1. The van der Waals surface area contributed by atoms with Gasteiger partial charge in [-0.1, -0.05) is 30.3 Å². The first kappa shape index (κ1) is 18.7. The molecule has 0 fully saturated rings. The maximum absolute atomic E-state index is 11.9. The second kappa shape index (κ2) is 7.53. The fraction of sp³-hybridized carbons (Fsp3) is 0.0833. The molecule has 31 heavy (non-hydrogen) atoms. The molecule has 0 unspecified atom stereocenters. The zero-order valence-electron chi connectivity index (χ0n) is 17.1. The molecule has 2 aromatic carbocycles. The fourth-order valence-corrected chi connectivity index (χ4v) is 3.47. The number of rotatable bonds is 4. The lowest BCUT2D eigenvalue weighted by molar-refractivity contribution is 0.778. The molecular weight excluding hydrogens is 388 g/mol. The van der Waals surface area contributed by atoms with Gasteiger partial charge < -0.3 is 10.3 Å². The van der Waals surface area contributed by atoms with E-state index in [1.165, 1.54) is 0 Å². The van der Waals surface area contributed by atoms with Crippen LogP contribution in [0, 0.1) is 6.92 Å². The molecule has 0 aliphatic heterocycles. The molecule has 7 nitrogen and oxygen atoms in total. The quantitative estimate of drug-likeness (QED) is 0.459. The maximum Gasteiger partial charge on any atom is 0.255 e. The summed E-state index contributed by atoms with van der Waals surface area (Å²) in [4.78, 5) is 23.6. The van der Waals surface area contributed by atoms with Crippen molar-refractivity contribution in [3.05, 3.63) is 89.1 Å². The topological polar surface area (TPSA) is 88.5 Å². The van der Waals surface area contributed by atoms with Gasteiger partial charge in [-0.05, 0) is 48.2 Å². The van der Waals surface area contributed by atoms with Crippen LogP contribution in [0.1, 0.15) is 5.69 Å². The number of hydrogen-bond acceptors (Lipinski definition) is 5. The minimum atomic E-state index is -0.102. The first-order chi connectivity index (χ1) is 15.1. The van der Waals surface area contributed by atoms with Crippen molar-refractivity contribution < 1.29 is 0 Å². The molecular formula is C24H20N6O. The first-order valence-corrected chi connectivity index (χ1v) is 9.90. The summed E-state index contributed by atoms with van der Waals surface area (Å²) < 4.78 is 1.70. The summed E-state index contributed by atoms with van der Waals surface area (Å²) in [5, 5.41) is 9.34. The third kappa shape index (κ3) is 3.69. The SMILES string of the molecule is Cc1ccc(-c2ccc(-c3nc(Nc4ccc5c(=O)[nH]ccc5c4)n(C)n3)cc2)cn1. The molecule has 0 saturated carbocycles. The Morgan fingerprint density at radius 3 is 2.48 bits per heavy atom. The summed E-state index contributed by atoms with van der Waals surface area (Å²) in [6.07, 6.45) is 3.52. The van der Waals surface area contributed by atoms with Crippen molar-refractivity contribution in [1.29, 1.82) is 0 Å². The third-order valence-corrected chi connectivity index (χ3v) is 5.18. The van der Waals surface area contributed by atoms with E-state index in [1.54, 1.807) is 16.9 Å². The fourth-order valence-electron chi connectivity index (χ4n) is 3.47. The Kier molecular flexibility index (Phi) is 4.55. The Hall–Kier alpha value is -4.26. The normalized spacial score (nSPS) is 11.0. The lowest BCUT2D eigenvalue weighted by atomic mass is 10.1. The Morgan fingerprint density at radius 1 is 0.935 bits per heavy atom. The maximum atomic E-state index is 11.9. The van der Waals surface area contributed by atoms with Crippen LogP contribution in [0.15, 0.2) is 77.9 Å². The van der Waals surface area contributed by atoms with Gasteiger partial charge in [0.15, 0.2) is 5.82 Å². The minimum absolute atomic E-state index is 0.102. The van der Waals surface area contributed by atoms with Gasteiger partial charge in [-0.15, -0.1) is 5.10 Å². The first-order valence-electron chi connectivity index (χ1n) is 9.90. The molecule has 0 aliphatic rings. The van der Waals surface area contributed by atoms with E-state index in [0.29, 0.717) is 17.2 Å². The van der Waals surface area contributed by atoms with Gasteiger partial charge in [-0.2, -0.15) is 4.98 Å². The average Bonchev–Trinajstić information content (AvgIpc) is 3.15. The molecule has 0 amide bonds. The van der Waals surface area contributed by atoms with Crippen LogP contribution in [0.25, 0.3) is 33.3 Å². The van der Waals surface area contributed by atoms with Crippen LogP contribution in [0.5, 0.6) is 0 Å². The molecule has 3 heterocycles. The van der Waals surface area contributed by atoms with E-state index in [-0.39, 0.29) is 5.56 Å². The molecule has 0 radical (unpaired) electrons. The van der Waals surface area contributed by atoms with Gasteiger partial charge in [0.1, 0.15) is 0 Å². The highest BCUT2D eigenvalue weighted by molar-refractivity contribution is 5.85. The summed E-state index contributed by atoms with van der Waals surface area (Å²) in [5.74, 6) is 1.25. The summed E-state index contributed by atoms with van der Waals surface area (Å²) in [7, 11) is 1.84. The highest BCUT2D eigenvalue weighted by Crippen LogP contribution is 2.25. The number of pyridine rings is 2. The Bertz CT molecular complexity index is 1430. The number of H-pyrrole nitrogens is 1. The van der Waals surface area contributed by atoms with Crippen LogP contribution in [-0.2, 0) is 7.05 Å². The zero-order valence-corrected chi connectivity index (χ0v) is 17.1. The van der Waals surface area contributed by atoms with Crippen LogP contribution in [0.4, 0.5) is 11.6 Å². The van der Waals surface area contributed by atoms with E-state index in [0.717, 1.165) is 33.5 Å².